The first-order chi connectivity index (χ1) is 15.8. The van der Waals surface area contributed by atoms with Crippen LogP contribution in [0.5, 0.6) is 17.2 Å². The second-order valence-electron chi connectivity index (χ2n) is 7.22. The maximum absolute atomic E-state index is 12.9. The Morgan fingerprint density at radius 1 is 0.879 bits per heavy atom. The van der Waals surface area contributed by atoms with E-state index < -0.39 is 17.7 Å². The van der Waals surface area contributed by atoms with Crippen molar-refractivity contribution in [3.63, 3.8) is 0 Å². The minimum Gasteiger partial charge on any atom is -0.508 e. The van der Waals surface area contributed by atoms with Crippen molar-refractivity contribution in [2.45, 2.75) is 19.4 Å². The molecule has 0 atom stereocenters. The largest absolute Gasteiger partial charge is 0.508 e. The van der Waals surface area contributed by atoms with Gasteiger partial charge in [-0.25, -0.2) is 4.79 Å². The molecule has 0 amide bonds. The summed E-state index contributed by atoms with van der Waals surface area (Å²) in [5, 5.41) is 28.5. The summed E-state index contributed by atoms with van der Waals surface area (Å²) in [6, 6.07) is 14.7. The molecule has 0 aromatic heterocycles. The van der Waals surface area contributed by atoms with Crippen LogP contribution in [0.25, 0.3) is 0 Å². The Morgan fingerprint density at radius 2 is 1.58 bits per heavy atom. The van der Waals surface area contributed by atoms with Crippen molar-refractivity contribution in [3.05, 3.63) is 88.5 Å². The first kappa shape index (κ1) is 23.3. The van der Waals surface area contributed by atoms with E-state index in [2.05, 4.69) is 0 Å². The molecule has 0 saturated carbocycles. The zero-order valence-electron chi connectivity index (χ0n) is 17.8. The number of benzene rings is 3. The molecule has 3 N–H and O–H groups in total. The van der Waals surface area contributed by atoms with E-state index in [0.717, 1.165) is 11.6 Å². The van der Waals surface area contributed by atoms with Crippen LogP contribution < -0.4 is 4.74 Å². The van der Waals surface area contributed by atoms with Crippen LogP contribution >= 0.6 is 0 Å². The minimum absolute atomic E-state index is 0.0268. The molecule has 3 aromatic carbocycles. The van der Waals surface area contributed by atoms with Crippen molar-refractivity contribution in [2.75, 3.05) is 7.11 Å². The molecule has 0 bridgehead atoms. The number of hydrogen-bond acceptors (Lipinski definition) is 7. The molecular formula is C25H22O8. The Labute approximate surface area is 189 Å². The third-order valence-corrected chi connectivity index (χ3v) is 4.97. The normalized spacial score (nSPS) is 10.5. The number of esters is 1. The Morgan fingerprint density at radius 3 is 2.21 bits per heavy atom. The van der Waals surface area contributed by atoms with Crippen molar-refractivity contribution < 1.29 is 39.2 Å². The maximum Gasteiger partial charge on any atom is 0.335 e. The number of rotatable bonds is 9. The summed E-state index contributed by atoms with van der Waals surface area (Å²) in [5.41, 5.74) is 1.80. The number of aromatic carboxylic acids is 1. The predicted molar refractivity (Wildman–Crippen MR) is 118 cm³/mol. The van der Waals surface area contributed by atoms with E-state index >= 15 is 0 Å². The third kappa shape index (κ3) is 5.88. The fourth-order valence-corrected chi connectivity index (χ4v) is 3.17. The summed E-state index contributed by atoms with van der Waals surface area (Å²) in [6.45, 7) is 0.150. The number of aromatic hydroxyl groups is 2. The Balaban J connectivity index is 1.85. The number of ether oxygens (including phenoxy) is 2. The van der Waals surface area contributed by atoms with Gasteiger partial charge in [0, 0.05) is 18.1 Å². The van der Waals surface area contributed by atoms with E-state index in [9.17, 15) is 24.6 Å². The lowest BCUT2D eigenvalue weighted by atomic mass is 9.98. The number of aryl methyl sites for hydroxylation is 1. The second-order valence-corrected chi connectivity index (χ2v) is 7.22. The number of ketones is 1. The van der Waals surface area contributed by atoms with E-state index in [4.69, 9.17) is 14.6 Å². The van der Waals surface area contributed by atoms with Crippen molar-refractivity contribution in [1.82, 2.24) is 0 Å². The zero-order valence-corrected chi connectivity index (χ0v) is 17.8. The molecule has 170 valence electrons. The van der Waals surface area contributed by atoms with Crippen LogP contribution in [-0.4, -0.2) is 40.2 Å². The zero-order chi connectivity index (χ0) is 24.0. The summed E-state index contributed by atoms with van der Waals surface area (Å²) >= 11 is 0. The van der Waals surface area contributed by atoms with Gasteiger partial charge >= 0.3 is 11.9 Å². The van der Waals surface area contributed by atoms with Crippen LogP contribution in [0.15, 0.2) is 60.7 Å². The van der Waals surface area contributed by atoms with Crippen molar-refractivity contribution >= 4 is 17.7 Å². The summed E-state index contributed by atoms with van der Waals surface area (Å²) in [4.78, 5) is 35.5. The molecule has 8 nitrogen and oxygen atoms in total. The number of carbonyl (C=O) groups is 3. The molecule has 0 aliphatic heterocycles. The highest BCUT2D eigenvalue weighted by atomic mass is 16.5. The first-order valence-corrected chi connectivity index (χ1v) is 10.00. The van der Waals surface area contributed by atoms with Gasteiger partial charge in [0.2, 0.25) is 0 Å². The van der Waals surface area contributed by atoms with Gasteiger partial charge in [0.15, 0.2) is 5.78 Å². The van der Waals surface area contributed by atoms with Gasteiger partial charge in [-0.1, -0.05) is 12.1 Å². The van der Waals surface area contributed by atoms with Gasteiger partial charge in [0.25, 0.3) is 0 Å². The molecule has 3 aromatic rings. The topological polar surface area (TPSA) is 130 Å². The summed E-state index contributed by atoms with van der Waals surface area (Å²) in [7, 11) is 1.29. The number of carbonyl (C=O) groups excluding carboxylic acids is 2. The molecule has 0 unspecified atom stereocenters. The van der Waals surface area contributed by atoms with Crippen LogP contribution in [0.2, 0.25) is 0 Å². The molecule has 0 aliphatic rings. The predicted octanol–water partition coefficient (Wildman–Crippen LogP) is 3.71. The Bertz CT molecular complexity index is 1180. The fraction of sp³-hybridized carbons (Fsp3) is 0.160. The monoisotopic (exact) mass is 450 g/mol. The van der Waals surface area contributed by atoms with Crippen molar-refractivity contribution in [2.24, 2.45) is 0 Å². The SMILES string of the molecule is COC(=O)CCc1cc(C(=O)c2ccc(O)cc2O)ccc1OCc1ccc(C(=O)O)cc1. The van der Waals surface area contributed by atoms with Gasteiger partial charge in [-0.05, 0) is 60.0 Å². The van der Waals surface area contributed by atoms with Gasteiger partial charge in [-0.3, -0.25) is 9.59 Å². The first-order valence-electron chi connectivity index (χ1n) is 10.00. The van der Waals surface area contributed by atoms with Crippen molar-refractivity contribution in [1.29, 1.82) is 0 Å². The molecule has 0 heterocycles. The molecular weight excluding hydrogens is 428 g/mol. The van der Waals surface area contributed by atoms with Gasteiger partial charge in [-0.15, -0.1) is 0 Å². The van der Waals surface area contributed by atoms with Gasteiger partial charge in [0.05, 0.1) is 18.2 Å². The molecule has 0 spiro atoms. The lowest BCUT2D eigenvalue weighted by Crippen LogP contribution is -2.07. The Kier molecular flexibility index (Phi) is 7.30. The quantitative estimate of drug-likeness (QED) is 0.332. The average molecular weight is 450 g/mol. The van der Waals surface area contributed by atoms with Crippen molar-refractivity contribution in [3.8, 4) is 17.2 Å². The van der Waals surface area contributed by atoms with E-state index in [1.807, 2.05) is 0 Å². The highest BCUT2D eigenvalue weighted by Crippen LogP contribution is 2.28. The number of phenols is 2. The number of hydrogen-bond donors (Lipinski definition) is 3. The lowest BCUT2D eigenvalue weighted by molar-refractivity contribution is -0.140. The molecule has 3 rings (SSSR count). The van der Waals surface area contributed by atoms with E-state index in [1.165, 1.54) is 31.4 Å². The molecule has 0 saturated heterocycles. The molecule has 0 fully saturated rings. The summed E-state index contributed by atoms with van der Waals surface area (Å²) in [6.07, 6.45) is 0.324. The molecule has 8 heteroatoms. The van der Waals surface area contributed by atoms with Gasteiger partial charge < -0.3 is 24.8 Å². The summed E-state index contributed by atoms with van der Waals surface area (Å²) in [5.74, 6) is -1.95. The van der Waals surface area contributed by atoms with Crippen LogP contribution in [0.4, 0.5) is 0 Å². The molecule has 0 aliphatic carbocycles. The summed E-state index contributed by atoms with van der Waals surface area (Å²) < 4.78 is 10.6. The number of phenolic OH excluding ortho intramolecular Hbond substituents is 2. The van der Waals surface area contributed by atoms with Gasteiger partial charge in [0.1, 0.15) is 23.9 Å². The maximum atomic E-state index is 12.9. The van der Waals surface area contributed by atoms with Crippen LogP contribution in [-0.2, 0) is 22.6 Å². The number of carboxylic acids is 1. The smallest absolute Gasteiger partial charge is 0.335 e. The highest BCUT2D eigenvalue weighted by Gasteiger charge is 2.17. The number of carboxylic acid groups (broad SMARTS) is 1. The molecule has 33 heavy (non-hydrogen) atoms. The van der Waals surface area contributed by atoms with E-state index in [-0.39, 0.29) is 47.6 Å². The average Bonchev–Trinajstić information content (AvgIpc) is 2.81. The lowest BCUT2D eigenvalue weighted by Gasteiger charge is -2.14. The van der Waals surface area contributed by atoms with Crippen LogP contribution in [0, 0.1) is 0 Å². The third-order valence-electron chi connectivity index (χ3n) is 4.97. The minimum atomic E-state index is -1.02. The highest BCUT2D eigenvalue weighted by molar-refractivity contribution is 6.11. The van der Waals surface area contributed by atoms with Crippen LogP contribution in [0.3, 0.4) is 0 Å². The van der Waals surface area contributed by atoms with Gasteiger partial charge in [-0.2, -0.15) is 0 Å². The fourth-order valence-electron chi connectivity index (χ4n) is 3.17. The van der Waals surface area contributed by atoms with Crippen LogP contribution in [0.1, 0.15) is 43.8 Å². The molecule has 0 radical (unpaired) electrons. The second kappa shape index (κ2) is 10.3. The Hall–Kier alpha value is -4.33. The van der Waals surface area contributed by atoms with E-state index in [0.29, 0.717) is 11.3 Å². The number of methoxy groups -OCH3 is 1. The standard InChI is InChI=1S/C25H22O8/c1-32-23(28)11-7-17-12-18(24(29)20-9-8-19(26)13-21(20)27)6-10-22(17)33-14-15-2-4-16(5-3-15)25(30)31/h2-6,8-10,12-13,26-27H,7,11,14H2,1H3,(H,30,31). The van der Waals surface area contributed by atoms with E-state index in [1.54, 1.807) is 30.3 Å².